The summed E-state index contributed by atoms with van der Waals surface area (Å²) >= 11 is 3.28. The van der Waals surface area contributed by atoms with E-state index in [1.54, 1.807) is 12.3 Å². The van der Waals surface area contributed by atoms with Gasteiger partial charge in [0.2, 0.25) is 0 Å². The molecule has 0 spiro atoms. The summed E-state index contributed by atoms with van der Waals surface area (Å²) < 4.78 is 14.1. The van der Waals surface area contributed by atoms with Gasteiger partial charge in [0.15, 0.2) is 5.82 Å². The fourth-order valence-corrected chi connectivity index (χ4v) is 2.14. The number of aromatic nitrogens is 2. The largest absolute Gasteiger partial charge is 0.306 e. The summed E-state index contributed by atoms with van der Waals surface area (Å²) in [5.41, 5.74) is 1.56. The van der Waals surface area contributed by atoms with E-state index in [9.17, 15) is 4.39 Å². The van der Waals surface area contributed by atoms with Gasteiger partial charge in [0.25, 0.3) is 0 Å². The summed E-state index contributed by atoms with van der Waals surface area (Å²) in [6, 6.07) is 6.51. The first-order valence-electron chi connectivity index (χ1n) is 6.37. The van der Waals surface area contributed by atoms with Crippen LogP contribution in [0.25, 0.3) is 11.4 Å². The molecular formula is C15H17BrFN3. The van der Waals surface area contributed by atoms with E-state index < -0.39 is 0 Å². The third kappa shape index (κ3) is 4.35. The molecule has 20 heavy (non-hydrogen) atoms. The first-order valence-corrected chi connectivity index (χ1v) is 7.16. The Balaban J connectivity index is 2.25. The van der Waals surface area contributed by atoms with Crippen LogP contribution in [0, 0.1) is 5.82 Å². The third-order valence-corrected chi connectivity index (χ3v) is 3.09. The molecule has 0 bridgehead atoms. The zero-order chi connectivity index (χ0) is 14.8. The van der Waals surface area contributed by atoms with Crippen LogP contribution in [-0.2, 0) is 6.54 Å². The van der Waals surface area contributed by atoms with E-state index in [4.69, 9.17) is 0 Å². The van der Waals surface area contributed by atoms with Gasteiger partial charge in [-0.2, -0.15) is 0 Å². The minimum atomic E-state index is -0.309. The molecule has 1 aromatic heterocycles. The maximum Gasteiger partial charge on any atom is 0.159 e. The van der Waals surface area contributed by atoms with Crippen molar-refractivity contribution in [1.82, 2.24) is 15.3 Å². The van der Waals surface area contributed by atoms with Crippen LogP contribution in [0.5, 0.6) is 0 Å². The van der Waals surface area contributed by atoms with Crippen LogP contribution in [0.3, 0.4) is 0 Å². The molecule has 0 fully saturated rings. The molecule has 1 aromatic carbocycles. The molecule has 0 aliphatic heterocycles. The average Bonchev–Trinajstić information content (AvgIpc) is 2.35. The molecule has 2 aromatic rings. The average molecular weight is 338 g/mol. The lowest BCUT2D eigenvalue weighted by atomic mass is 10.1. The number of nitrogens with zero attached hydrogens (tertiary/aromatic N) is 2. The van der Waals surface area contributed by atoms with Crippen molar-refractivity contribution in [2.75, 3.05) is 0 Å². The van der Waals surface area contributed by atoms with Gasteiger partial charge in [0.05, 0.1) is 5.69 Å². The second-order valence-corrected chi connectivity index (χ2v) is 6.55. The highest BCUT2D eigenvalue weighted by molar-refractivity contribution is 9.10. The van der Waals surface area contributed by atoms with E-state index in [1.165, 1.54) is 12.1 Å². The summed E-state index contributed by atoms with van der Waals surface area (Å²) in [5, 5.41) is 3.37. The van der Waals surface area contributed by atoms with Crippen molar-refractivity contribution in [3.05, 3.63) is 46.4 Å². The van der Waals surface area contributed by atoms with Crippen molar-refractivity contribution in [1.29, 1.82) is 0 Å². The highest BCUT2D eigenvalue weighted by Gasteiger charge is 2.10. The smallest absolute Gasteiger partial charge is 0.159 e. The van der Waals surface area contributed by atoms with E-state index in [0.717, 1.165) is 5.69 Å². The van der Waals surface area contributed by atoms with Crippen LogP contribution >= 0.6 is 15.9 Å². The second kappa shape index (κ2) is 5.97. The van der Waals surface area contributed by atoms with Gasteiger partial charge in [-0.05, 0) is 45.0 Å². The molecule has 2 rings (SSSR count). The monoisotopic (exact) mass is 337 g/mol. The third-order valence-electron chi connectivity index (χ3n) is 2.63. The Hall–Kier alpha value is -1.33. The Labute approximate surface area is 126 Å². The normalized spacial score (nSPS) is 11.7. The van der Waals surface area contributed by atoms with E-state index in [2.05, 4.69) is 52.0 Å². The molecule has 0 amide bonds. The van der Waals surface area contributed by atoms with Crippen molar-refractivity contribution in [3.8, 4) is 11.4 Å². The fourth-order valence-electron chi connectivity index (χ4n) is 1.67. The summed E-state index contributed by atoms with van der Waals surface area (Å²) in [7, 11) is 0. The second-order valence-electron chi connectivity index (χ2n) is 5.63. The van der Waals surface area contributed by atoms with E-state index in [0.29, 0.717) is 22.4 Å². The zero-order valence-electron chi connectivity index (χ0n) is 11.7. The lowest BCUT2D eigenvalue weighted by molar-refractivity contribution is 0.421. The van der Waals surface area contributed by atoms with Crippen LogP contribution in [0.1, 0.15) is 26.5 Å². The molecule has 0 saturated heterocycles. The van der Waals surface area contributed by atoms with E-state index in [1.807, 2.05) is 6.07 Å². The minimum Gasteiger partial charge on any atom is -0.306 e. The van der Waals surface area contributed by atoms with Crippen molar-refractivity contribution in [2.45, 2.75) is 32.9 Å². The van der Waals surface area contributed by atoms with Gasteiger partial charge in [0, 0.05) is 28.3 Å². The number of nitrogens with one attached hydrogen (secondary N) is 1. The van der Waals surface area contributed by atoms with Gasteiger partial charge >= 0.3 is 0 Å². The Kier molecular flexibility index (Phi) is 4.50. The van der Waals surface area contributed by atoms with Crippen molar-refractivity contribution < 1.29 is 4.39 Å². The minimum absolute atomic E-state index is 0.0208. The van der Waals surface area contributed by atoms with Crippen molar-refractivity contribution >= 4 is 15.9 Å². The van der Waals surface area contributed by atoms with Crippen LogP contribution in [-0.4, -0.2) is 15.5 Å². The Bertz CT molecular complexity index is 588. The highest BCUT2D eigenvalue weighted by atomic mass is 79.9. The molecular weight excluding hydrogens is 321 g/mol. The van der Waals surface area contributed by atoms with E-state index in [-0.39, 0.29) is 11.4 Å². The maximum absolute atomic E-state index is 13.4. The molecule has 1 heterocycles. The number of hydrogen-bond acceptors (Lipinski definition) is 3. The maximum atomic E-state index is 13.4. The molecule has 0 aliphatic carbocycles. The van der Waals surface area contributed by atoms with Crippen LogP contribution in [0.15, 0.2) is 34.9 Å². The molecule has 5 heteroatoms. The number of rotatable bonds is 3. The predicted molar refractivity (Wildman–Crippen MR) is 81.7 cm³/mol. The molecule has 0 atom stereocenters. The molecule has 1 N–H and O–H groups in total. The molecule has 0 aliphatic rings. The highest BCUT2D eigenvalue weighted by Crippen LogP contribution is 2.22. The Morgan fingerprint density at radius 3 is 2.65 bits per heavy atom. The predicted octanol–water partition coefficient (Wildman–Crippen LogP) is 3.93. The Morgan fingerprint density at radius 2 is 2.00 bits per heavy atom. The summed E-state index contributed by atoms with van der Waals surface area (Å²) in [6.45, 7) is 6.94. The molecule has 106 valence electrons. The first-order chi connectivity index (χ1) is 9.33. The zero-order valence-corrected chi connectivity index (χ0v) is 13.3. The SMILES string of the molecule is CC(C)(C)NCc1ccnc(-c2cc(F)cc(Br)c2)n1. The van der Waals surface area contributed by atoms with Crippen LogP contribution < -0.4 is 5.32 Å². The lowest BCUT2D eigenvalue weighted by Crippen LogP contribution is -2.35. The number of benzene rings is 1. The van der Waals surface area contributed by atoms with Crippen LogP contribution in [0.2, 0.25) is 0 Å². The van der Waals surface area contributed by atoms with Gasteiger partial charge in [0.1, 0.15) is 5.82 Å². The van der Waals surface area contributed by atoms with Crippen molar-refractivity contribution in [3.63, 3.8) is 0 Å². The van der Waals surface area contributed by atoms with Gasteiger partial charge < -0.3 is 5.32 Å². The van der Waals surface area contributed by atoms with E-state index >= 15 is 0 Å². The van der Waals surface area contributed by atoms with Gasteiger partial charge in [-0.3, -0.25) is 0 Å². The first kappa shape index (κ1) is 15.1. The van der Waals surface area contributed by atoms with Crippen molar-refractivity contribution in [2.24, 2.45) is 0 Å². The fraction of sp³-hybridized carbons (Fsp3) is 0.333. The Morgan fingerprint density at radius 1 is 1.25 bits per heavy atom. The molecule has 0 radical (unpaired) electrons. The number of halogens is 2. The summed E-state index contributed by atoms with van der Waals surface area (Å²) in [4.78, 5) is 8.68. The molecule has 0 saturated carbocycles. The standard InChI is InChI=1S/C15H17BrFN3/c1-15(2,3)19-9-13-4-5-18-14(20-13)10-6-11(16)8-12(17)7-10/h4-8,19H,9H2,1-3H3. The topological polar surface area (TPSA) is 37.8 Å². The van der Waals surface area contributed by atoms with Gasteiger partial charge in [-0.15, -0.1) is 0 Å². The lowest BCUT2D eigenvalue weighted by Gasteiger charge is -2.20. The quantitative estimate of drug-likeness (QED) is 0.921. The molecule has 3 nitrogen and oxygen atoms in total. The summed E-state index contributed by atoms with van der Waals surface area (Å²) in [5.74, 6) is 0.217. The van der Waals surface area contributed by atoms with Crippen LogP contribution in [0.4, 0.5) is 4.39 Å². The summed E-state index contributed by atoms with van der Waals surface area (Å²) in [6.07, 6.45) is 1.70. The van der Waals surface area contributed by atoms with Gasteiger partial charge in [-0.1, -0.05) is 15.9 Å². The molecule has 0 unspecified atom stereocenters. The number of hydrogen-bond donors (Lipinski definition) is 1. The van der Waals surface area contributed by atoms with Gasteiger partial charge in [-0.25, -0.2) is 14.4 Å².